The van der Waals surface area contributed by atoms with Gasteiger partial charge in [0.15, 0.2) is 0 Å². The Morgan fingerprint density at radius 2 is 1.00 bits per heavy atom. The van der Waals surface area contributed by atoms with E-state index in [0.29, 0.717) is 31.1 Å². The zero-order chi connectivity index (χ0) is 19.0. The average molecular weight is 368 g/mol. The van der Waals surface area contributed by atoms with Crippen LogP contribution in [0.1, 0.15) is 47.9 Å². The highest BCUT2D eigenvalue weighted by molar-refractivity contribution is 6.15. The first-order chi connectivity index (χ1) is 13.0. The van der Waals surface area contributed by atoms with Crippen LogP contribution < -0.4 is 9.47 Å². The van der Waals surface area contributed by atoms with Crippen LogP contribution >= 0.6 is 0 Å². The van der Waals surface area contributed by atoms with Crippen LogP contribution in [-0.4, -0.2) is 37.1 Å². The molecule has 0 bridgehead atoms. The van der Waals surface area contributed by atoms with Gasteiger partial charge in [-0.1, -0.05) is 0 Å². The van der Waals surface area contributed by atoms with E-state index in [9.17, 15) is 19.2 Å². The van der Waals surface area contributed by atoms with Gasteiger partial charge < -0.3 is 18.9 Å². The zero-order valence-electron chi connectivity index (χ0n) is 13.9. The minimum absolute atomic E-state index is 0.188. The van der Waals surface area contributed by atoms with Crippen molar-refractivity contribution in [1.82, 2.24) is 0 Å². The summed E-state index contributed by atoms with van der Waals surface area (Å²) in [6.45, 7) is 0.625. The third-order valence-electron chi connectivity index (χ3n) is 4.06. The summed E-state index contributed by atoms with van der Waals surface area (Å²) in [5.74, 6) is -1.79. The van der Waals surface area contributed by atoms with E-state index in [4.69, 9.17) is 9.47 Å². The van der Waals surface area contributed by atoms with E-state index < -0.39 is 23.9 Å². The van der Waals surface area contributed by atoms with E-state index in [1.54, 1.807) is 12.1 Å². The molecule has 0 atom stereocenters. The van der Waals surface area contributed by atoms with Crippen molar-refractivity contribution >= 4 is 23.9 Å². The molecule has 0 unspecified atom stereocenters. The van der Waals surface area contributed by atoms with Gasteiger partial charge >= 0.3 is 23.9 Å². The van der Waals surface area contributed by atoms with Crippen LogP contribution in [0.3, 0.4) is 0 Å². The van der Waals surface area contributed by atoms with Gasteiger partial charge in [0.1, 0.15) is 11.5 Å². The Hall–Kier alpha value is -3.68. The predicted octanol–water partition coefficient (Wildman–Crippen LogP) is 2.16. The normalized spacial score (nSPS) is 14.5. The zero-order valence-corrected chi connectivity index (χ0v) is 13.9. The first kappa shape index (κ1) is 16.8. The fourth-order valence-electron chi connectivity index (χ4n) is 2.75. The van der Waals surface area contributed by atoms with Gasteiger partial charge in [-0.05, 0) is 36.4 Å². The van der Waals surface area contributed by atoms with E-state index in [-0.39, 0.29) is 22.3 Å². The lowest BCUT2D eigenvalue weighted by atomic mass is 10.1. The van der Waals surface area contributed by atoms with Gasteiger partial charge in [-0.2, -0.15) is 0 Å². The Kier molecular flexibility index (Phi) is 4.08. The number of hydrogen-bond donors (Lipinski definition) is 0. The summed E-state index contributed by atoms with van der Waals surface area (Å²) in [4.78, 5) is 45.8. The largest absolute Gasteiger partial charge is 0.493 e. The monoisotopic (exact) mass is 368 g/mol. The van der Waals surface area contributed by atoms with Crippen molar-refractivity contribution in [3.05, 3.63) is 58.7 Å². The summed E-state index contributed by atoms with van der Waals surface area (Å²) in [6.07, 6.45) is 0.529. The maximum atomic E-state index is 11.5. The first-order valence-electron chi connectivity index (χ1n) is 8.09. The fraction of sp³-hybridized carbons (Fsp3) is 0.158. The molecule has 0 N–H and O–H groups in total. The number of fused-ring (bicyclic) bond motifs is 2. The second-order valence-corrected chi connectivity index (χ2v) is 5.82. The first-order valence-corrected chi connectivity index (χ1v) is 8.09. The molecule has 0 aromatic heterocycles. The number of ether oxygens (including phenoxy) is 4. The Morgan fingerprint density at radius 3 is 1.44 bits per heavy atom. The molecule has 136 valence electrons. The van der Waals surface area contributed by atoms with Crippen molar-refractivity contribution in [3.8, 4) is 11.5 Å². The maximum Gasteiger partial charge on any atom is 0.347 e. The molecule has 0 saturated carbocycles. The van der Waals surface area contributed by atoms with Crippen LogP contribution in [0.25, 0.3) is 0 Å². The molecule has 2 heterocycles. The molecule has 0 saturated heterocycles. The number of esters is 4. The lowest BCUT2D eigenvalue weighted by Gasteiger charge is -2.09. The van der Waals surface area contributed by atoms with E-state index in [0.717, 1.165) is 0 Å². The standard InChI is InChI=1S/C19H12O8/c20-16-12-4-2-10(8-14(12)18(22)26-16)24-6-1-7-25-11-3-5-13-15(9-11)19(23)27-17(13)21/h2-5,8-9H,1,6-7H2. The SMILES string of the molecule is O=C1OC(=O)c2cc(OCCCOc3ccc4c(c3)C(=O)OC4=O)ccc21. The number of rotatable bonds is 6. The van der Waals surface area contributed by atoms with Crippen molar-refractivity contribution in [1.29, 1.82) is 0 Å². The highest BCUT2D eigenvalue weighted by Gasteiger charge is 2.30. The van der Waals surface area contributed by atoms with E-state index in [1.807, 2.05) is 0 Å². The van der Waals surface area contributed by atoms with Crippen LogP contribution in [-0.2, 0) is 9.47 Å². The second kappa shape index (κ2) is 6.56. The molecule has 8 nitrogen and oxygen atoms in total. The van der Waals surface area contributed by atoms with Crippen molar-refractivity contribution in [2.45, 2.75) is 6.42 Å². The minimum atomic E-state index is -0.683. The molecule has 4 rings (SSSR count). The van der Waals surface area contributed by atoms with Crippen LogP contribution in [0, 0.1) is 0 Å². The molecule has 2 aromatic carbocycles. The lowest BCUT2D eigenvalue weighted by molar-refractivity contribution is 0.0425. The van der Waals surface area contributed by atoms with Crippen molar-refractivity contribution in [3.63, 3.8) is 0 Å². The second-order valence-electron chi connectivity index (χ2n) is 5.82. The summed E-state index contributed by atoms with van der Waals surface area (Å²) in [7, 11) is 0. The van der Waals surface area contributed by atoms with E-state index in [1.165, 1.54) is 24.3 Å². The Balaban J connectivity index is 1.28. The molecule has 27 heavy (non-hydrogen) atoms. The molecule has 0 amide bonds. The molecule has 0 radical (unpaired) electrons. The number of hydrogen-bond acceptors (Lipinski definition) is 8. The van der Waals surface area contributed by atoms with Gasteiger partial charge in [0, 0.05) is 6.42 Å². The van der Waals surface area contributed by atoms with Crippen LogP contribution in [0.15, 0.2) is 36.4 Å². The highest BCUT2D eigenvalue weighted by Crippen LogP contribution is 2.26. The maximum absolute atomic E-state index is 11.5. The average Bonchev–Trinajstić information content (AvgIpc) is 3.10. The molecule has 2 aromatic rings. The molecule has 2 aliphatic rings. The Bertz CT molecular complexity index is 912. The van der Waals surface area contributed by atoms with E-state index >= 15 is 0 Å². The molecule has 2 aliphatic heterocycles. The van der Waals surface area contributed by atoms with Crippen molar-refractivity contribution < 1.29 is 38.1 Å². The predicted molar refractivity (Wildman–Crippen MR) is 88.0 cm³/mol. The molecule has 0 fully saturated rings. The number of cyclic esters (lactones) is 4. The Labute approximate surface area is 152 Å². The third kappa shape index (κ3) is 3.12. The Morgan fingerprint density at radius 1 is 0.593 bits per heavy atom. The van der Waals surface area contributed by atoms with Gasteiger partial charge in [0.25, 0.3) is 0 Å². The number of benzene rings is 2. The van der Waals surface area contributed by atoms with Crippen LogP contribution in [0.4, 0.5) is 0 Å². The summed E-state index contributed by atoms with van der Waals surface area (Å²) < 4.78 is 20.1. The fourth-order valence-corrected chi connectivity index (χ4v) is 2.75. The third-order valence-corrected chi connectivity index (χ3v) is 4.06. The van der Waals surface area contributed by atoms with Crippen LogP contribution in [0.2, 0.25) is 0 Å². The van der Waals surface area contributed by atoms with Gasteiger partial charge in [-0.25, -0.2) is 19.2 Å². The summed E-state index contributed by atoms with van der Waals surface area (Å²) in [6, 6.07) is 9.07. The number of carbonyl (C=O) groups is 4. The smallest absolute Gasteiger partial charge is 0.347 e. The van der Waals surface area contributed by atoms with Gasteiger partial charge in [-0.3, -0.25) is 0 Å². The summed E-state index contributed by atoms with van der Waals surface area (Å²) in [5, 5.41) is 0. The van der Waals surface area contributed by atoms with Crippen molar-refractivity contribution in [2.75, 3.05) is 13.2 Å². The summed E-state index contributed by atoms with van der Waals surface area (Å²) in [5.41, 5.74) is 0.829. The highest BCUT2D eigenvalue weighted by atomic mass is 16.6. The quantitative estimate of drug-likeness (QED) is 0.434. The van der Waals surface area contributed by atoms with Gasteiger partial charge in [0.2, 0.25) is 0 Å². The molecular formula is C19H12O8. The minimum Gasteiger partial charge on any atom is -0.493 e. The van der Waals surface area contributed by atoms with E-state index in [2.05, 4.69) is 9.47 Å². The van der Waals surface area contributed by atoms with Gasteiger partial charge in [0.05, 0.1) is 35.5 Å². The molecule has 0 aliphatic carbocycles. The lowest BCUT2D eigenvalue weighted by Crippen LogP contribution is -2.06. The molecular weight excluding hydrogens is 356 g/mol. The summed E-state index contributed by atoms with van der Waals surface area (Å²) >= 11 is 0. The van der Waals surface area contributed by atoms with Crippen LogP contribution in [0.5, 0.6) is 11.5 Å². The number of carbonyl (C=O) groups excluding carboxylic acids is 4. The van der Waals surface area contributed by atoms with Crippen molar-refractivity contribution in [2.24, 2.45) is 0 Å². The van der Waals surface area contributed by atoms with Gasteiger partial charge in [-0.15, -0.1) is 0 Å². The molecule has 8 heteroatoms. The molecule has 0 spiro atoms. The topological polar surface area (TPSA) is 105 Å².